The van der Waals surface area contributed by atoms with Crippen molar-refractivity contribution in [1.82, 2.24) is 4.98 Å². The highest BCUT2D eigenvalue weighted by atomic mass is 35.5. The first kappa shape index (κ1) is 12.4. The summed E-state index contributed by atoms with van der Waals surface area (Å²) in [7, 11) is 0. The van der Waals surface area contributed by atoms with E-state index < -0.39 is 0 Å². The summed E-state index contributed by atoms with van der Waals surface area (Å²) in [4.78, 5) is 5.67. The molecule has 1 aromatic heterocycles. The summed E-state index contributed by atoms with van der Waals surface area (Å²) in [5.41, 5.74) is 0.907. The predicted molar refractivity (Wildman–Crippen MR) is 84.5 cm³/mol. The molecule has 0 unspecified atom stereocenters. The summed E-state index contributed by atoms with van der Waals surface area (Å²) >= 11 is 8.19. The van der Waals surface area contributed by atoms with E-state index in [4.69, 9.17) is 11.6 Å². The number of rotatable bonds is 0. The molecule has 0 atom stereocenters. The Balaban J connectivity index is 2.57. The van der Waals surface area contributed by atoms with E-state index in [1.807, 2.05) is 49.5 Å². The predicted octanol–water partition coefficient (Wildman–Crippen LogP) is 5.54. The van der Waals surface area contributed by atoms with Crippen molar-refractivity contribution in [3.05, 3.63) is 64.6 Å². The molecule has 0 aliphatic carbocycles. The number of hydrogen-bond acceptors (Lipinski definition) is 2. The number of halogens is 1. The van der Waals surface area contributed by atoms with Gasteiger partial charge < -0.3 is 0 Å². The lowest BCUT2D eigenvalue weighted by atomic mass is 10.2. The van der Waals surface area contributed by atoms with Crippen LogP contribution in [0.2, 0.25) is 5.02 Å². The van der Waals surface area contributed by atoms with E-state index in [0.29, 0.717) is 0 Å². The highest BCUT2D eigenvalue weighted by molar-refractivity contribution is 7.18. The Kier molecular flexibility index (Phi) is 3.36. The molecule has 1 heterocycles. The average molecular weight is 286 g/mol. The third kappa shape index (κ3) is 2.42. The first-order valence-corrected chi connectivity index (χ1v) is 7.22. The normalized spacial score (nSPS) is 10.6. The van der Waals surface area contributed by atoms with Gasteiger partial charge in [0.1, 0.15) is 0 Å². The summed E-state index contributed by atoms with van der Waals surface area (Å²) < 4.78 is 1.18. The molecule has 0 spiro atoms. The maximum absolute atomic E-state index is 6.50. The highest BCUT2D eigenvalue weighted by Gasteiger charge is 2.01. The SMILES string of the molecule is Cc1sc2ccccc2cnc2ccccc2c1Cl. The summed E-state index contributed by atoms with van der Waals surface area (Å²) in [5, 5.41) is 2.88. The van der Waals surface area contributed by atoms with Crippen LogP contribution in [0.3, 0.4) is 0 Å². The molecule has 0 aliphatic heterocycles. The summed E-state index contributed by atoms with van der Waals surface area (Å²) in [5.74, 6) is 0. The van der Waals surface area contributed by atoms with Crippen LogP contribution in [0.1, 0.15) is 4.88 Å². The number of para-hydroxylation sites is 1. The smallest absolute Gasteiger partial charge is 0.0717 e. The quantitative estimate of drug-likeness (QED) is 0.529. The number of nitrogens with zero attached hydrogens (tertiary/aromatic N) is 1. The largest absolute Gasteiger partial charge is 0.256 e. The zero-order chi connectivity index (χ0) is 13.2. The molecule has 0 saturated heterocycles. The number of fused-ring (bicyclic) bond motifs is 2. The molecule has 3 rings (SSSR count). The molecule has 3 aromatic rings. The van der Waals surface area contributed by atoms with Gasteiger partial charge in [-0.3, -0.25) is 4.98 Å². The van der Waals surface area contributed by atoms with Gasteiger partial charge in [-0.1, -0.05) is 48.0 Å². The maximum atomic E-state index is 6.50. The Bertz CT molecular complexity index is 806. The first-order chi connectivity index (χ1) is 9.25. The molecule has 0 bridgehead atoms. The van der Waals surface area contributed by atoms with Gasteiger partial charge in [0.15, 0.2) is 0 Å². The van der Waals surface area contributed by atoms with Crippen molar-refractivity contribution in [1.29, 1.82) is 0 Å². The minimum Gasteiger partial charge on any atom is -0.256 e. The van der Waals surface area contributed by atoms with Crippen molar-refractivity contribution in [2.45, 2.75) is 6.92 Å². The lowest BCUT2D eigenvalue weighted by Gasteiger charge is -1.96. The van der Waals surface area contributed by atoms with E-state index in [1.54, 1.807) is 11.3 Å². The molecule has 0 fully saturated rings. The molecule has 0 N–H and O–H groups in total. The van der Waals surface area contributed by atoms with Crippen LogP contribution in [0.4, 0.5) is 0 Å². The summed E-state index contributed by atoms with van der Waals surface area (Å²) in [6.07, 6.45) is 1.91. The van der Waals surface area contributed by atoms with Gasteiger partial charge in [0.25, 0.3) is 0 Å². The van der Waals surface area contributed by atoms with Gasteiger partial charge in [0.2, 0.25) is 0 Å². The molecule has 0 aliphatic rings. The standard InChI is InChI=1S/C16H12ClNS/c1-11-16(17)13-7-3-4-8-14(13)18-10-12-6-2-5-9-15(12)19-11/h2-10H,1H3. The summed E-state index contributed by atoms with van der Waals surface area (Å²) in [6, 6.07) is 16.2. The fourth-order valence-corrected chi connectivity index (χ4v) is 3.18. The average Bonchev–Trinajstić information content (AvgIpc) is 2.50. The molecule has 2 aromatic carbocycles. The van der Waals surface area contributed by atoms with Gasteiger partial charge in [-0.2, -0.15) is 0 Å². The molecular formula is C16H12ClNS. The minimum atomic E-state index is 0.773. The Labute approximate surface area is 120 Å². The number of aromatic nitrogens is 1. The second kappa shape index (κ2) is 5.16. The number of benzene rings is 2. The maximum Gasteiger partial charge on any atom is 0.0717 e. The van der Waals surface area contributed by atoms with Crippen molar-refractivity contribution in [3.8, 4) is 0 Å². The third-order valence-corrected chi connectivity index (χ3v) is 4.68. The minimum absolute atomic E-state index is 0.773. The van der Waals surface area contributed by atoms with E-state index >= 15 is 0 Å². The van der Waals surface area contributed by atoms with Gasteiger partial charge >= 0.3 is 0 Å². The van der Waals surface area contributed by atoms with E-state index in [9.17, 15) is 0 Å². The Hall–Kier alpha value is -1.64. The van der Waals surface area contributed by atoms with Gasteiger partial charge in [-0.05, 0) is 19.1 Å². The first-order valence-electron chi connectivity index (χ1n) is 6.02. The van der Waals surface area contributed by atoms with Crippen LogP contribution in [-0.4, -0.2) is 4.98 Å². The Morgan fingerprint density at radius 2 is 1.74 bits per heavy atom. The van der Waals surface area contributed by atoms with Gasteiger partial charge in [-0.25, -0.2) is 0 Å². The second-order valence-corrected chi connectivity index (χ2v) is 5.92. The summed E-state index contributed by atoms with van der Waals surface area (Å²) in [6.45, 7) is 2.05. The Morgan fingerprint density at radius 1 is 1.00 bits per heavy atom. The van der Waals surface area contributed by atoms with E-state index in [1.165, 1.54) is 4.70 Å². The van der Waals surface area contributed by atoms with Crippen molar-refractivity contribution < 1.29 is 0 Å². The van der Waals surface area contributed by atoms with E-state index in [2.05, 4.69) is 17.1 Å². The van der Waals surface area contributed by atoms with E-state index in [0.717, 1.165) is 26.2 Å². The van der Waals surface area contributed by atoms with Crippen LogP contribution in [0.5, 0.6) is 0 Å². The lowest BCUT2D eigenvalue weighted by molar-refractivity contribution is 1.45. The molecule has 3 heteroatoms. The van der Waals surface area contributed by atoms with Gasteiger partial charge in [0.05, 0.1) is 10.5 Å². The molecule has 0 radical (unpaired) electrons. The van der Waals surface area contributed by atoms with Crippen molar-refractivity contribution >= 4 is 43.9 Å². The lowest BCUT2D eigenvalue weighted by Crippen LogP contribution is -1.74. The van der Waals surface area contributed by atoms with Crippen LogP contribution in [0, 0.1) is 6.92 Å². The zero-order valence-electron chi connectivity index (χ0n) is 10.4. The number of aryl methyl sites for hydroxylation is 1. The second-order valence-electron chi connectivity index (χ2n) is 4.29. The van der Waals surface area contributed by atoms with Crippen LogP contribution < -0.4 is 0 Å². The number of hydrogen-bond donors (Lipinski definition) is 0. The van der Waals surface area contributed by atoms with Crippen molar-refractivity contribution in [2.24, 2.45) is 0 Å². The zero-order valence-corrected chi connectivity index (χ0v) is 12.0. The molecule has 1 nitrogen and oxygen atoms in total. The van der Waals surface area contributed by atoms with E-state index in [-0.39, 0.29) is 0 Å². The fraction of sp³-hybridized carbons (Fsp3) is 0.0625. The van der Waals surface area contributed by atoms with Crippen LogP contribution in [0.25, 0.3) is 21.0 Å². The van der Waals surface area contributed by atoms with Gasteiger partial charge in [0, 0.05) is 26.5 Å². The van der Waals surface area contributed by atoms with Gasteiger partial charge in [-0.15, -0.1) is 11.3 Å². The van der Waals surface area contributed by atoms with Crippen molar-refractivity contribution in [2.75, 3.05) is 0 Å². The monoisotopic (exact) mass is 285 g/mol. The van der Waals surface area contributed by atoms with Crippen LogP contribution >= 0.6 is 22.9 Å². The highest BCUT2D eigenvalue weighted by Crippen LogP contribution is 2.28. The molecule has 0 amide bonds. The topological polar surface area (TPSA) is 12.9 Å². The Morgan fingerprint density at radius 3 is 2.63 bits per heavy atom. The third-order valence-electron chi connectivity index (χ3n) is 2.97. The van der Waals surface area contributed by atoms with Crippen LogP contribution in [-0.2, 0) is 0 Å². The van der Waals surface area contributed by atoms with Crippen molar-refractivity contribution in [3.63, 3.8) is 0 Å². The fourth-order valence-electron chi connectivity index (χ4n) is 1.99. The molecular weight excluding hydrogens is 274 g/mol. The molecule has 19 heavy (non-hydrogen) atoms. The van der Waals surface area contributed by atoms with Crippen LogP contribution in [0.15, 0.2) is 54.7 Å². The molecule has 0 saturated carbocycles. The molecule has 94 valence electrons.